The molecule has 0 heterocycles. The summed E-state index contributed by atoms with van der Waals surface area (Å²) in [4.78, 5) is 0. The maximum absolute atomic E-state index is 8.73. The van der Waals surface area contributed by atoms with Gasteiger partial charge >= 0.3 is 0 Å². The lowest BCUT2D eigenvalue weighted by atomic mass is 9.91. The van der Waals surface area contributed by atoms with Gasteiger partial charge in [0.1, 0.15) is 0 Å². The smallest absolute Gasteiger partial charge is 0.0433 e. The molecule has 74 valence electrons. The second kappa shape index (κ2) is 7.60. The predicted molar refractivity (Wildman–Crippen MR) is 54.2 cm³/mol. The molecule has 12 heavy (non-hydrogen) atoms. The Labute approximate surface area is 77.2 Å². The van der Waals surface area contributed by atoms with Crippen LogP contribution in [0.25, 0.3) is 0 Å². The average Bonchev–Trinajstić information content (AvgIpc) is 2.01. The van der Waals surface area contributed by atoms with Crippen molar-refractivity contribution in [3.63, 3.8) is 0 Å². The fraction of sp³-hybridized carbons (Fsp3) is 1.00. The fourth-order valence-corrected chi connectivity index (χ4v) is 1.70. The molecule has 0 aliphatic carbocycles. The molecule has 0 aromatic heterocycles. The summed E-state index contributed by atoms with van der Waals surface area (Å²) < 4.78 is 0. The van der Waals surface area contributed by atoms with Crippen molar-refractivity contribution in [1.82, 2.24) is 0 Å². The molecule has 2 atom stereocenters. The Morgan fingerprint density at radius 2 is 1.67 bits per heavy atom. The van der Waals surface area contributed by atoms with Gasteiger partial charge in [-0.3, -0.25) is 0 Å². The van der Waals surface area contributed by atoms with Crippen LogP contribution in [0.1, 0.15) is 52.9 Å². The Kier molecular flexibility index (Phi) is 7.58. The number of aliphatic hydroxyl groups excluding tert-OH is 1. The normalized spacial score (nSPS) is 16.0. The highest BCUT2D eigenvalue weighted by molar-refractivity contribution is 4.59. The van der Waals surface area contributed by atoms with E-state index in [2.05, 4.69) is 20.8 Å². The van der Waals surface area contributed by atoms with E-state index in [0.717, 1.165) is 12.3 Å². The first-order chi connectivity index (χ1) is 5.70. The van der Waals surface area contributed by atoms with Gasteiger partial charge in [0.15, 0.2) is 0 Å². The van der Waals surface area contributed by atoms with Crippen molar-refractivity contribution in [2.75, 3.05) is 6.61 Å². The van der Waals surface area contributed by atoms with Gasteiger partial charge in [0.05, 0.1) is 0 Å². The van der Waals surface area contributed by atoms with E-state index in [1.807, 2.05) is 0 Å². The minimum absolute atomic E-state index is 0.349. The zero-order valence-corrected chi connectivity index (χ0v) is 8.84. The van der Waals surface area contributed by atoms with Crippen molar-refractivity contribution in [2.24, 2.45) is 11.8 Å². The lowest BCUT2D eigenvalue weighted by molar-refractivity contribution is 0.246. The van der Waals surface area contributed by atoms with Crippen LogP contribution in [-0.4, -0.2) is 11.7 Å². The molecule has 0 amide bonds. The Balaban J connectivity index is 3.33. The zero-order valence-electron chi connectivity index (χ0n) is 8.84. The zero-order chi connectivity index (χ0) is 9.40. The summed E-state index contributed by atoms with van der Waals surface area (Å²) in [6.45, 7) is 7.15. The molecule has 1 nitrogen and oxygen atoms in total. The van der Waals surface area contributed by atoms with Gasteiger partial charge in [0.2, 0.25) is 0 Å². The van der Waals surface area contributed by atoms with E-state index >= 15 is 0 Å². The number of unbranched alkanes of at least 4 members (excludes halogenated alkanes) is 1. The van der Waals surface area contributed by atoms with Gasteiger partial charge in [-0.2, -0.15) is 0 Å². The molecule has 0 spiro atoms. The standard InChI is InChI=1S/C11H24O/c1-4-5-6-10(2)9-11(3)7-8-12/h10-12H,4-9H2,1-3H3/t10-,11+/m0/s1. The first-order valence-electron chi connectivity index (χ1n) is 5.31. The third-order valence-electron chi connectivity index (χ3n) is 2.48. The molecule has 0 unspecified atom stereocenters. The monoisotopic (exact) mass is 172 g/mol. The summed E-state index contributed by atoms with van der Waals surface area (Å²) >= 11 is 0. The molecular formula is C11H24O. The first-order valence-corrected chi connectivity index (χ1v) is 5.31. The van der Waals surface area contributed by atoms with Crippen LogP contribution in [0, 0.1) is 11.8 Å². The van der Waals surface area contributed by atoms with Crippen molar-refractivity contribution < 1.29 is 5.11 Å². The van der Waals surface area contributed by atoms with E-state index in [1.165, 1.54) is 25.7 Å². The summed E-state index contributed by atoms with van der Waals surface area (Å²) in [5.41, 5.74) is 0. The van der Waals surface area contributed by atoms with Gasteiger partial charge in [-0.1, -0.05) is 40.0 Å². The van der Waals surface area contributed by atoms with Crippen LogP contribution in [-0.2, 0) is 0 Å². The van der Waals surface area contributed by atoms with Crippen molar-refractivity contribution in [3.8, 4) is 0 Å². The quantitative estimate of drug-likeness (QED) is 0.625. The molecule has 0 rings (SSSR count). The lowest BCUT2D eigenvalue weighted by Crippen LogP contribution is -2.04. The molecule has 0 radical (unpaired) electrons. The molecule has 0 saturated carbocycles. The van der Waals surface area contributed by atoms with E-state index in [-0.39, 0.29) is 0 Å². The molecule has 0 aliphatic heterocycles. The number of aliphatic hydroxyl groups is 1. The van der Waals surface area contributed by atoms with Gasteiger partial charge in [0, 0.05) is 6.61 Å². The Bertz CT molecular complexity index is 91.0. The van der Waals surface area contributed by atoms with Crippen molar-refractivity contribution in [1.29, 1.82) is 0 Å². The van der Waals surface area contributed by atoms with Crippen molar-refractivity contribution >= 4 is 0 Å². The minimum Gasteiger partial charge on any atom is -0.396 e. The van der Waals surface area contributed by atoms with Gasteiger partial charge in [0.25, 0.3) is 0 Å². The highest BCUT2D eigenvalue weighted by Crippen LogP contribution is 2.19. The number of hydrogen-bond acceptors (Lipinski definition) is 1. The van der Waals surface area contributed by atoms with Crippen LogP contribution in [0.3, 0.4) is 0 Å². The molecule has 0 aliphatic rings. The molecule has 0 aromatic carbocycles. The Hall–Kier alpha value is -0.0400. The number of rotatable bonds is 7. The third-order valence-corrected chi connectivity index (χ3v) is 2.48. The summed E-state index contributed by atoms with van der Waals surface area (Å²) in [6.07, 6.45) is 6.26. The van der Waals surface area contributed by atoms with Crippen LogP contribution in [0.2, 0.25) is 0 Å². The average molecular weight is 172 g/mol. The van der Waals surface area contributed by atoms with Crippen LogP contribution in [0.4, 0.5) is 0 Å². The van der Waals surface area contributed by atoms with E-state index in [0.29, 0.717) is 12.5 Å². The molecule has 1 N–H and O–H groups in total. The number of hydrogen-bond donors (Lipinski definition) is 1. The molecular weight excluding hydrogens is 148 g/mol. The van der Waals surface area contributed by atoms with Crippen LogP contribution < -0.4 is 0 Å². The summed E-state index contributed by atoms with van der Waals surface area (Å²) in [5, 5.41) is 8.73. The van der Waals surface area contributed by atoms with E-state index < -0.39 is 0 Å². The third kappa shape index (κ3) is 6.66. The maximum atomic E-state index is 8.73. The molecule has 0 bridgehead atoms. The molecule has 0 aromatic rings. The highest BCUT2D eigenvalue weighted by Gasteiger charge is 2.07. The second-order valence-electron chi connectivity index (χ2n) is 4.10. The van der Waals surface area contributed by atoms with E-state index in [4.69, 9.17) is 5.11 Å². The Morgan fingerprint density at radius 3 is 2.17 bits per heavy atom. The first kappa shape index (κ1) is 12.0. The van der Waals surface area contributed by atoms with Crippen molar-refractivity contribution in [2.45, 2.75) is 52.9 Å². The topological polar surface area (TPSA) is 20.2 Å². The van der Waals surface area contributed by atoms with E-state index in [9.17, 15) is 0 Å². The minimum atomic E-state index is 0.349. The molecule has 0 fully saturated rings. The molecule has 0 saturated heterocycles. The van der Waals surface area contributed by atoms with Crippen molar-refractivity contribution in [3.05, 3.63) is 0 Å². The molecule has 1 heteroatoms. The Morgan fingerprint density at radius 1 is 1.08 bits per heavy atom. The van der Waals surface area contributed by atoms with Gasteiger partial charge in [-0.05, 0) is 24.7 Å². The predicted octanol–water partition coefficient (Wildman–Crippen LogP) is 3.22. The maximum Gasteiger partial charge on any atom is 0.0433 e. The van der Waals surface area contributed by atoms with Crippen LogP contribution >= 0.6 is 0 Å². The highest BCUT2D eigenvalue weighted by atomic mass is 16.3. The van der Waals surface area contributed by atoms with E-state index in [1.54, 1.807) is 0 Å². The second-order valence-corrected chi connectivity index (χ2v) is 4.10. The largest absolute Gasteiger partial charge is 0.396 e. The van der Waals surface area contributed by atoms with Crippen LogP contribution in [0.5, 0.6) is 0 Å². The summed E-state index contributed by atoms with van der Waals surface area (Å²) in [7, 11) is 0. The fourth-order valence-electron chi connectivity index (χ4n) is 1.70. The van der Waals surface area contributed by atoms with Gasteiger partial charge < -0.3 is 5.11 Å². The van der Waals surface area contributed by atoms with Crippen LogP contribution in [0.15, 0.2) is 0 Å². The van der Waals surface area contributed by atoms with Gasteiger partial charge in [-0.15, -0.1) is 0 Å². The van der Waals surface area contributed by atoms with Gasteiger partial charge in [-0.25, -0.2) is 0 Å². The summed E-state index contributed by atoms with van der Waals surface area (Å²) in [6, 6.07) is 0. The SMILES string of the molecule is CCCC[C@H](C)C[C@H](C)CCO. The summed E-state index contributed by atoms with van der Waals surface area (Å²) in [5.74, 6) is 1.54. The lowest BCUT2D eigenvalue weighted by Gasteiger charge is -2.15.